The van der Waals surface area contributed by atoms with Gasteiger partial charge < -0.3 is 14.6 Å². The van der Waals surface area contributed by atoms with Gasteiger partial charge in [0.05, 0.1) is 12.7 Å². The summed E-state index contributed by atoms with van der Waals surface area (Å²) in [4.78, 5) is 23.4. The van der Waals surface area contributed by atoms with Gasteiger partial charge in [0.25, 0.3) is 0 Å². The number of hydrogen-bond donors (Lipinski definition) is 1. The molecule has 1 N–H and O–H groups in total. The molecule has 1 heterocycles. The predicted molar refractivity (Wildman–Crippen MR) is 68.8 cm³/mol. The zero-order chi connectivity index (χ0) is 13.8. The zero-order valence-electron chi connectivity index (χ0n) is 10.7. The Bertz CT molecular complexity index is 448. The van der Waals surface area contributed by atoms with Gasteiger partial charge in [0.1, 0.15) is 12.3 Å². The second-order valence-electron chi connectivity index (χ2n) is 4.74. The summed E-state index contributed by atoms with van der Waals surface area (Å²) in [6.45, 7) is 2.17. The van der Waals surface area contributed by atoms with Crippen molar-refractivity contribution in [1.29, 1.82) is 0 Å². The molecular weight excluding hydrogens is 246 g/mol. The van der Waals surface area contributed by atoms with Crippen molar-refractivity contribution < 1.29 is 19.4 Å². The average Bonchev–Trinajstić information content (AvgIpc) is 2.73. The third kappa shape index (κ3) is 2.93. The third-order valence-corrected chi connectivity index (χ3v) is 3.42. The molecule has 1 amide bonds. The van der Waals surface area contributed by atoms with Crippen molar-refractivity contribution in [1.82, 2.24) is 4.90 Å². The van der Waals surface area contributed by atoms with E-state index in [0.29, 0.717) is 19.3 Å². The van der Waals surface area contributed by atoms with Crippen LogP contribution in [0.3, 0.4) is 0 Å². The van der Waals surface area contributed by atoms with Crippen LogP contribution in [0.25, 0.3) is 0 Å². The SMILES string of the molecule is CC1CC(OCc2ccccc2)C(C=O)N1C(=O)O. The third-order valence-electron chi connectivity index (χ3n) is 3.42. The van der Waals surface area contributed by atoms with E-state index in [9.17, 15) is 9.59 Å². The van der Waals surface area contributed by atoms with Gasteiger partial charge in [-0.1, -0.05) is 30.3 Å². The van der Waals surface area contributed by atoms with Gasteiger partial charge >= 0.3 is 6.09 Å². The first-order valence-corrected chi connectivity index (χ1v) is 6.25. The van der Waals surface area contributed by atoms with Crippen LogP contribution in [0.1, 0.15) is 18.9 Å². The second kappa shape index (κ2) is 5.84. The van der Waals surface area contributed by atoms with Crippen LogP contribution in [-0.4, -0.2) is 40.6 Å². The highest BCUT2D eigenvalue weighted by Crippen LogP contribution is 2.26. The van der Waals surface area contributed by atoms with E-state index in [-0.39, 0.29) is 12.1 Å². The lowest BCUT2D eigenvalue weighted by Gasteiger charge is -2.23. The number of rotatable bonds is 4. The van der Waals surface area contributed by atoms with Crippen LogP contribution in [0.5, 0.6) is 0 Å². The van der Waals surface area contributed by atoms with Crippen molar-refractivity contribution in [3.05, 3.63) is 35.9 Å². The number of carboxylic acid groups (broad SMARTS) is 1. The molecule has 5 nitrogen and oxygen atoms in total. The van der Waals surface area contributed by atoms with Gasteiger partial charge in [-0.3, -0.25) is 4.90 Å². The fraction of sp³-hybridized carbons (Fsp3) is 0.429. The molecule has 1 saturated heterocycles. The van der Waals surface area contributed by atoms with Crippen LogP contribution in [0, 0.1) is 0 Å². The molecule has 0 aromatic heterocycles. The molecule has 1 aliphatic heterocycles. The lowest BCUT2D eigenvalue weighted by Crippen LogP contribution is -2.43. The van der Waals surface area contributed by atoms with Crippen molar-refractivity contribution >= 4 is 12.4 Å². The van der Waals surface area contributed by atoms with Gasteiger partial charge in [0, 0.05) is 6.04 Å². The number of ether oxygens (including phenoxy) is 1. The Morgan fingerprint density at radius 1 is 1.47 bits per heavy atom. The van der Waals surface area contributed by atoms with E-state index in [0.717, 1.165) is 5.56 Å². The lowest BCUT2D eigenvalue weighted by molar-refractivity contribution is -0.115. The van der Waals surface area contributed by atoms with Crippen LogP contribution < -0.4 is 0 Å². The molecule has 102 valence electrons. The maximum absolute atomic E-state index is 11.1. The molecule has 0 spiro atoms. The van der Waals surface area contributed by atoms with Crippen molar-refractivity contribution in [2.45, 2.75) is 38.1 Å². The minimum atomic E-state index is -1.07. The molecule has 0 aliphatic carbocycles. The number of likely N-dealkylation sites (tertiary alicyclic amines) is 1. The largest absolute Gasteiger partial charge is 0.465 e. The molecule has 5 heteroatoms. The molecule has 1 fully saturated rings. The quantitative estimate of drug-likeness (QED) is 0.843. The molecule has 19 heavy (non-hydrogen) atoms. The van der Waals surface area contributed by atoms with Crippen molar-refractivity contribution in [2.75, 3.05) is 0 Å². The number of nitrogens with zero attached hydrogens (tertiary/aromatic N) is 1. The van der Waals surface area contributed by atoms with E-state index in [1.54, 1.807) is 6.92 Å². The zero-order valence-corrected chi connectivity index (χ0v) is 10.7. The first-order valence-electron chi connectivity index (χ1n) is 6.25. The van der Waals surface area contributed by atoms with Crippen LogP contribution in [0.4, 0.5) is 4.79 Å². The lowest BCUT2D eigenvalue weighted by atomic mass is 10.1. The molecule has 3 atom stereocenters. The molecule has 1 aromatic carbocycles. The van der Waals surface area contributed by atoms with Gasteiger partial charge in [-0.25, -0.2) is 4.79 Å². The average molecular weight is 263 g/mol. The number of aldehydes is 1. The molecule has 0 radical (unpaired) electrons. The first-order chi connectivity index (χ1) is 9.13. The Balaban J connectivity index is 2.01. The normalized spacial score (nSPS) is 26.4. The minimum Gasteiger partial charge on any atom is -0.465 e. The maximum Gasteiger partial charge on any atom is 0.408 e. The molecular formula is C14H17NO4. The monoisotopic (exact) mass is 263 g/mol. The summed E-state index contributed by atoms with van der Waals surface area (Å²) in [5, 5.41) is 9.10. The van der Waals surface area contributed by atoms with E-state index < -0.39 is 12.1 Å². The fourth-order valence-corrected chi connectivity index (χ4v) is 2.48. The molecule has 2 rings (SSSR count). The fourth-order valence-electron chi connectivity index (χ4n) is 2.48. The molecule has 0 saturated carbocycles. The Morgan fingerprint density at radius 2 is 2.16 bits per heavy atom. The van der Waals surface area contributed by atoms with Crippen LogP contribution in [-0.2, 0) is 16.1 Å². The van der Waals surface area contributed by atoms with E-state index in [4.69, 9.17) is 9.84 Å². The van der Waals surface area contributed by atoms with Crippen molar-refractivity contribution in [2.24, 2.45) is 0 Å². The summed E-state index contributed by atoms with van der Waals surface area (Å²) in [6, 6.07) is 8.70. The van der Waals surface area contributed by atoms with Gasteiger partial charge in [-0.05, 0) is 18.9 Å². The number of hydrogen-bond acceptors (Lipinski definition) is 3. The Hall–Kier alpha value is -1.88. The van der Waals surface area contributed by atoms with Crippen molar-refractivity contribution in [3.63, 3.8) is 0 Å². The molecule has 0 bridgehead atoms. The number of benzene rings is 1. The van der Waals surface area contributed by atoms with Gasteiger partial charge in [-0.2, -0.15) is 0 Å². The van der Waals surface area contributed by atoms with Crippen LogP contribution in [0.15, 0.2) is 30.3 Å². The van der Waals surface area contributed by atoms with E-state index in [2.05, 4.69) is 0 Å². The van der Waals surface area contributed by atoms with E-state index >= 15 is 0 Å². The summed E-state index contributed by atoms with van der Waals surface area (Å²) in [5.74, 6) is 0. The standard InChI is InChI=1S/C14H17NO4/c1-10-7-13(12(8-16)15(10)14(17)18)19-9-11-5-3-2-4-6-11/h2-6,8,10,12-13H,7,9H2,1H3,(H,17,18). The van der Waals surface area contributed by atoms with Crippen LogP contribution >= 0.6 is 0 Å². The summed E-state index contributed by atoms with van der Waals surface area (Å²) >= 11 is 0. The Morgan fingerprint density at radius 3 is 2.74 bits per heavy atom. The van der Waals surface area contributed by atoms with Gasteiger partial charge in [-0.15, -0.1) is 0 Å². The minimum absolute atomic E-state index is 0.200. The highest BCUT2D eigenvalue weighted by atomic mass is 16.5. The van der Waals surface area contributed by atoms with Crippen molar-refractivity contribution in [3.8, 4) is 0 Å². The Kier molecular flexibility index (Phi) is 4.16. The smallest absolute Gasteiger partial charge is 0.408 e. The van der Waals surface area contributed by atoms with Gasteiger partial charge in [0.15, 0.2) is 0 Å². The number of carbonyl (C=O) groups is 2. The molecule has 1 aromatic rings. The van der Waals surface area contributed by atoms with Crippen LogP contribution in [0.2, 0.25) is 0 Å². The topological polar surface area (TPSA) is 66.8 Å². The summed E-state index contributed by atoms with van der Waals surface area (Å²) in [7, 11) is 0. The summed E-state index contributed by atoms with van der Waals surface area (Å²) in [6.07, 6.45) is -0.241. The van der Waals surface area contributed by atoms with Gasteiger partial charge in [0.2, 0.25) is 0 Å². The molecule has 1 aliphatic rings. The summed E-state index contributed by atoms with van der Waals surface area (Å²) < 4.78 is 5.71. The van der Waals surface area contributed by atoms with E-state index in [1.165, 1.54) is 4.90 Å². The molecule has 3 unspecified atom stereocenters. The Labute approximate surface area is 111 Å². The van der Waals surface area contributed by atoms with E-state index in [1.807, 2.05) is 30.3 Å². The highest BCUT2D eigenvalue weighted by molar-refractivity contribution is 5.73. The number of amides is 1. The number of carbonyl (C=O) groups excluding carboxylic acids is 1. The maximum atomic E-state index is 11.1. The summed E-state index contributed by atoms with van der Waals surface area (Å²) in [5.41, 5.74) is 1.01. The highest BCUT2D eigenvalue weighted by Gasteiger charge is 2.42. The first kappa shape index (κ1) is 13.5. The predicted octanol–water partition coefficient (Wildman–Crippen LogP) is 1.91. The second-order valence-corrected chi connectivity index (χ2v) is 4.74.